The summed E-state index contributed by atoms with van der Waals surface area (Å²) in [7, 11) is 0. The van der Waals surface area contributed by atoms with E-state index in [1.807, 2.05) is 6.92 Å². The lowest BCUT2D eigenvalue weighted by Gasteiger charge is -2.09. The summed E-state index contributed by atoms with van der Waals surface area (Å²) in [6.07, 6.45) is 1.64. The average Bonchev–Trinajstić information content (AvgIpc) is 2.38. The Morgan fingerprint density at radius 1 is 1.26 bits per heavy atom. The Kier molecular flexibility index (Phi) is 4.71. The molecule has 19 heavy (non-hydrogen) atoms. The van der Waals surface area contributed by atoms with Crippen molar-refractivity contribution in [1.29, 1.82) is 0 Å². The van der Waals surface area contributed by atoms with Crippen molar-refractivity contribution in [3.63, 3.8) is 0 Å². The lowest BCUT2D eigenvalue weighted by Crippen LogP contribution is -2.04. The van der Waals surface area contributed by atoms with Crippen LogP contribution in [0.1, 0.15) is 6.92 Å². The normalized spacial score (nSPS) is 10.3. The molecule has 2 N–H and O–H groups in total. The number of rotatable bonds is 4. The first-order valence-corrected chi connectivity index (χ1v) is 7.17. The third kappa shape index (κ3) is 3.63. The Morgan fingerprint density at radius 2 is 2.05 bits per heavy atom. The van der Waals surface area contributed by atoms with Gasteiger partial charge in [0.15, 0.2) is 0 Å². The van der Waals surface area contributed by atoms with Gasteiger partial charge in [-0.25, -0.2) is 9.37 Å². The van der Waals surface area contributed by atoms with E-state index in [4.69, 9.17) is 0 Å². The van der Waals surface area contributed by atoms with E-state index in [2.05, 4.69) is 52.5 Å². The van der Waals surface area contributed by atoms with Crippen LogP contribution in [0.25, 0.3) is 0 Å². The molecule has 0 radical (unpaired) electrons. The Balaban J connectivity index is 2.26. The van der Waals surface area contributed by atoms with Gasteiger partial charge >= 0.3 is 0 Å². The highest BCUT2D eigenvalue weighted by Gasteiger charge is 2.07. The molecule has 0 amide bonds. The number of nitrogens with one attached hydrogen (secondary N) is 2. The highest BCUT2D eigenvalue weighted by Crippen LogP contribution is 2.26. The molecular weight excluding hydrogens is 379 g/mol. The standard InChI is InChI=1S/C12H11Br2FN4/c1-2-16-12-17-6-9(14)11(19-12)18-7-3-4-8(13)10(15)5-7/h3-6H,2H2,1H3,(H2,16,17,18,19). The molecule has 1 aromatic carbocycles. The molecule has 0 bridgehead atoms. The molecule has 0 aliphatic carbocycles. The maximum atomic E-state index is 13.4. The summed E-state index contributed by atoms with van der Waals surface area (Å²) in [6.45, 7) is 2.69. The van der Waals surface area contributed by atoms with Crippen LogP contribution in [0.5, 0.6) is 0 Å². The summed E-state index contributed by atoms with van der Waals surface area (Å²) in [6, 6.07) is 4.79. The molecule has 0 atom stereocenters. The fourth-order valence-electron chi connectivity index (χ4n) is 1.41. The van der Waals surface area contributed by atoms with E-state index < -0.39 is 0 Å². The van der Waals surface area contributed by atoms with Crippen LogP contribution < -0.4 is 10.6 Å². The van der Waals surface area contributed by atoms with Crippen molar-refractivity contribution in [2.45, 2.75) is 6.92 Å². The van der Waals surface area contributed by atoms with Crippen LogP contribution in [0.3, 0.4) is 0 Å². The van der Waals surface area contributed by atoms with Crippen LogP contribution in [-0.4, -0.2) is 16.5 Å². The van der Waals surface area contributed by atoms with E-state index in [0.717, 1.165) is 6.54 Å². The summed E-state index contributed by atoms with van der Waals surface area (Å²) in [5, 5.41) is 6.06. The molecule has 0 spiro atoms. The number of halogens is 3. The second-order valence-corrected chi connectivity index (χ2v) is 5.38. The lowest BCUT2D eigenvalue weighted by molar-refractivity contribution is 0.622. The van der Waals surface area contributed by atoms with Crippen molar-refractivity contribution in [2.24, 2.45) is 0 Å². The topological polar surface area (TPSA) is 49.8 Å². The number of benzene rings is 1. The van der Waals surface area contributed by atoms with Gasteiger partial charge in [-0.1, -0.05) is 0 Å². The van der Waals surface area contributed by atoms with Gasteiger partial charge in [-0.05, 0) is 57.0 Å². The van der Waals surface area contributed by atoms with E-state index in [1.54, 1.807) is 18.3 Å². The number of hydrogen-bond acceptors (Lipinski definition) is 4. The summed E-state index contributed by atoms with van der Waals surface area (Å²) in [5.74, 6) is 0.764. The molecule has 0 aliphatic heterocycles. The van der Waals surface area contributed by atoms with Crippen LogP contribution in [0.2, 0.25) is 0 Å². The molecule has 0 fully saturated rings. The molecule has 100 valence electrons. The maximum Gasteiger partial charge on any atom is 0.224 e. The second kappa shape index (κ2) is 6.29. The molecule has 1 aromatic heterocycles. The SMILES string of the molecule is CCNc1ncc(Br)c(Nc2ccc(Br)c(F)c2)n1. The molecule has 0 saturated heterocycles. The van der Waals surface area contributed by atoms with Gasteiger partial charge in [-0.2, -0.15) is 4.98 Å². The van der Waals surface area contributed by atoms with Crippen molar-refractivity contribution >= 4 is 49.3 Å². The van der Waals surface area contributed by atoms with Gasteiger partial charge in [0, 0.05) is 18.4 Å². The number of hydrogen-bond donors (Lipinski definition) is 2. The van der Waals surface area contributed by atoms with Crippen LogP contribution >= 0.6 is 31.9 Å². The van der Waals surface area contributed by atoms with Gasteiger partial charge in [0.25, 0.3) is 0 Å². The second-order valence-electron chi connectivity index (χ2n) is 3.67. The molecule has 1 heterocycles. The van der Waals surface area contributed by atoms with Gasteiger partial charge in [0.2, 0.25) is 5.95 Å². The van der Waals surface area contributed by atoms with E-state index >= 15 is 0 Å². The first-order valence-electron chi connectivity index (χ1n) is 5.58. The van der Waals surface area contributed by atoms with Crippen molar-refractivity contribution in [1.82, 2.24) is 9.97 Å². The van der Waals surface area contributed by atoms with Crippen molar-refractivity contribution in [3.05, 3.63) is 39.2 Å². The number of nitrogens with zero attached hydrogens (tertiary/aromatic N) is 2. The minimum Gasteiger partial charge on any atom is -0.354 e. The van der Waals surface area contributed by atoms with Gasteiger partial charge in [0.1, 0.15) is 11.6 Å². The van der Waals surface area contributed by atoms with Crippen LogP contribution in [0.15, 0.2) is 33.3 Å². The Hall–Kier alpha value is -1.21. The van der Waals surface area contributed by atoms with Crippen LogP contribution in [0.4, 0.5) is 21.8 Å². The van der Waals surface area contributed by atoms with Gasteiger partial charge < -0.3 is 10.6 Å². The predicted octanol–water partition coefficient (Wildman–Crippen LogP) is 4.32. The quantitative estimate of drug-likeness (QED) is 0.817. The van der Waals surface area contributed by atoms with E-state index in [-0.39, 0.29) is 5.82 Å². The Labute approximate surface area is 127 Å². The molecule has 0 aliphatic rings. The van der Waals surface area contributed by atoms with Crippen LogP contribution in [0, 0.1) is 5.82 Å². The average molecular weight is 390 g/mol. The summed E-state index contributed by atoms with van der Waals surface area (Å²) in [5.41, 5.74) is 0.613. The highest BCUT2D eigenvalue weighted by atomic mass is 79.9. The Bertz CT molecular complexity index is 592. The molecule has 0 saturated carbocycles. The zero-order valence-corrected chi connectivity index (χ0v) is 13.2. The third-order valence-corrected chi connectivity index (χ3v) is 3.48. The molecule has 0 unspecified atom stereocenters. The molecular formula is C12H11Br2FN4. The van der Waals surface area contributed by atoms with E-state index in [0.29, 0.717) is 26.4 Å². The monoisotopic (exact) mass is 388 g/mol. The minimum absolute atomic E-state index is 0.331. The van der Waals surface area contributed by atoms with Gasteiger partial charge in [-0.3, -0.25) is 0 Å². The van der Waals surface area contributed by atoms with Crippen LogP contribution in [-0.2, 0) is 0 Å². The third-order valence-electron chi connectivity index (χ3n) is 2.26. The number of aromatic nitrogens is 2. The molecule has 2 rings (SSSR count). The summed E-state index contributed by atoms with van der Waals surface area (Å²) in [4.78, 5) is 8.41. The zero-order chi connectivity index (χ0) is 13.8. The van der Waals surface area contributed by atoms with Crippen molar-refractivity contribution < 1.29 is 4.39 Å². The van der Waals surface area contributed by atoms with Crippen molar-refractivity contribution in [3.8, 4) is 0 Å². The van der Waals surface area contributed by atoms with Gasteiger partial charge in [0.05, 0.1) is 8.95 Å². The maximum absolute atomic E-state index is 13.4. The smallest absolute Gasteiger partial charge is 0.224 e. The van der Waals surface area contributed by atoms with E-state index in [9.17, 15) is 4.39 Å². The first kappa shape index (κ1) is 14.2. The number of anilines is 3. The van der Waals surface area contributed by atoms with E-state index in [1.165, 1.54) is 6.07 Å². The largest absolute Gasteiger partial charge is 0.354 e. The van der Waals surface area contributed by atoms with Crippen molar-refractivity contribution in [2.75, 3.05) is 17.2 Å². The molecule has 7 heteroatoms. The zero-order valence-electron chi connectivity index (χ0n) is 10.0. The molecule has 2 aromatic rings. The van der Waals surface area contributed by atoms with Gasteiger partial charge in [-0.15, -0.1) is 0 Å². The first-order chi connectivity index (χ1) is 9.10. The minimum atomic E-state index is -0.331. The highest BCUT2D eigenvalue weighted by molar-refractivity contribution is 9.10. The predicted molar refractivity (Wildman–Crippen MR) is 81.3 cm³/mol. The fourth-order valence-corrected chi connectivity index (χ4v) is 1.95. The fraction of sp³-hybridized carbons (Fsp3) is 0.167. The lowest BCUT2D eigenvalue weighted by atomic mass is 10.3. The summed E-state index contributed by atoms with van der Waals surface area (Å²) >= 11 is 6.47. The Morgan fingerprint density at radius 3 is 2.74 bits per heavy atom. The molecule has 4 nitrogen and oxygen atoms in total. The summed E-state index contributed by atoms with van der Waals surface area (Å²) < 4.78 is 14.6.